The summed E-state index contributed by atoms with van der Waals surface area (Å²) >= 11 is 1.73. The summed E-state index contributed by atoms with van der Waals surface area (Å²) in [6, 6.07) is 8.37. The molecule has 0 bridgehead atoms. The van der Waals surface area contributed by atoms with Gasteiger partial charge in [-0.15, -0.1) is 0 Å². The standard InChI is InChI=1S/C20H20N6S/c1-12-9-17(18-11-21-20(27-18)26-7-3-4-8-26)23-16-10-14(5-6-15(12)16)19-22-13(2)24-25-19/h5-6,9-11H,3-4,7-8H2,1-2H3,(H,22,24,25). The molecule has 7 heteroatoms. The average molecular weight is 376 g/mol. The van der Waals surface area contributed by atoms with E-state index in [4.69, 9.17) is 4.98 Å². The lowest BCUT2D eigenvalue weighted by Crippen LogP contribution is -2.16. The van der Waals surface area contributed by atoms with E-state index >= 15 is 0 Å². The summed E-state index contributed by atoms with van der Waals surface area (Å²) in [5.74, 6) is 1.51. The molecule has 0 saturated carbocycles. The molecule has 0 radical (unpaired) electrons. The van der Waals surface area contributed by atoms with Crippen LogP contribution in [-0.4, -0.2) is 38.2 Å². The summed E-state index contributed by atoms with van der Waals surface area (Å²) < 4.78 is 0. The van der Waals surface area contributed by atoms with E-state index in [1.54, 1.807) is 11.3 Å². The smallest absolute Gasteiger partial charge is 0.185 e. The van der Waals surface area contributed by atoms with Gasteiger partial charge >= 0.3 is 0 Å². The lowest BCUT2D eigenvalue weighted by Gasteiger charge is -2.12. The largest absolute Gasteiger partial charge is 0.348 e. The van der Waals surface area contributed by atoms with Gasteiger partial charge in [-0.25, -0.2) is 15.0 Å². The van der Waals surface area contributed by atoms with Crippen LogP contribution in [0.3, 0.4) is 0 Å². The number of rotatable bonds is 3. The molecular weight excluding hydrogens is 356 g/mol. The third-order valence-electron chi connectivity index (χ3n) is 4.99. The van der Waals surface area contributed by atoms with Crippen LogP contribution in [0.1, 0.15) is 24.2 Å². The molecule has 1 fully saturated rings. The highest BCUT2D eigenvalue weighted by Crippen LogP contribution is 2.34. The van der Waals surface area contributed by atoms with Crippen molar-refractivity contribution in [2.75, 3.05) is 18.0 Å². The van der Waals surface area contributed by atoms with E-state index in [0.717, 1.165) is 51.1 Å². The number of aromatic nitrogens is 5. The lowest BCUT2D eigenvalue weighted by molar-refractivity contribution is 0.949. The van der Waals surface area contributed by atoms with Crippen LogP contribution in [0.25, 0.3) is 32.9 Å². The van der Waals surface area contributed by atoms with Gasteiger partial charge in [0.25, 0.3) is 0 Å². The van der Waals surface area contributed by atoms with Crippen LogP contribution in [0.5, 0.6) is 0 Å². The van der Waals surface area contributed by atoms with Gasteiger partial charge in [-0.1, -0.05) is 23.5 Å². The maximum absolute atomic E-state index is 4.93. The van der Waals surface area contributed by atoms with Crippen molar-refractivity contribution in [3.63, 3.8) is 0 Å². The summed E-state index contributed by atoms with van der Waals surface area (Å²) in [7, 11) is 0. The second kappa shape index (κ2) is 6.42. The summed E-state index contributed by atoms with van der Waals surface area (Å²) in [5, 5.41) is 9.42. The molecule has 1 aromatic carbocycles. The maximum atomic E-state index is 4.93. The first-order valence-corrected chi connectivity index (χ1v) is 10.0. The number of benzene rings is 1. The van der Waals surface area contributed by atoms with Gasteiger partial charge < -0.3 is 4.90 Å². The molecule has 3 aromatic heterocycles. The second-order valence-electron chi connectivity index (χ2n) is 7.00. The number of H-pyrrole nitrogens is 1. The SMILES string of the molecule is Cc1nc(-c2ccc3c(C)cc(-c4cnc(N5CCCC5)s4)nc3c2)n[nH]1. The van der Waals surface area contributed by atoms with Crippen LogP contribution in [0.15, 0.2) is 30.5 Å². The molecule has 4 aromatic rings. The highest BCUT2D eigenvalue weighted by molar-refractivity contribution is 7.18. The van der Waals surface area contributed by atoms with Gasteiger partial charge in [0.1, 0.15) is 5.82 Å². The quantitative estimate of drug-likeness (QED) is 0.575. The second-order valence-corrected chi connectivity index (χ2v) is 8.01. The zero-order valence-corrected chi connectivity index (χ0v) is 16.2. The van der Waals surface area contributed by atoms with Crippen LogP contribution in [0.2, 0.25) is 0 Å². The molecule has 136 valence electrons. The molecule has 1 saturated heterocycles. The first-order valence-electron chi connectivity index (χ1n) is 9.19. The third-order valence-corrected chi connectivity index (χ3v) is 6.08. The summed E-state index contributed by atoms with van der Waals surface area (Å²) in [6.07, 6.45) is 4.46. The normalized spacial score (nSPS) is 14.4. The summed E-state index contributed by atoms with van der Waals surface area (Å²) in [6.45, 7) is 6.25. The first-order chi connectivity index (χ1) is 13.2. The van der Waals surface area contributed by atoms with Gasteiger partial charge in [0.05, 0.1) is 16.1 Å². The maximum Gasteiger partial charge on any atom is 0.185 e. The lowest BCUT2D eigenvalue weighted by atomic mass is 10.1. The summed E-state index contributed by atoms with van der Waals surface area (Å²) in [5.41, 5.74) is 4.12. The number of hydrogen-bond acceptors (Lipinski definition) is 6. The molecule has 0 aliphatic carbocycles. The predicted molar refractivity (Wildman–Crippen MR) is 109 cm³/mol. The number of nitrogens with zero attached hydrogens (tertiary/aromatic N) is 5. The fourth-order valence-electron chi connectivity index (χ4n) is 3.58. The molecule has 1 aliphatic rings. The number of thiazole rings is 1. The van der Waals surface area contributed by atoms with Crippen LogP contribution in [0, 0.1) is 13.8 Å². The molecule has 0 atom stereocenters. The molecule has 0 spiro atoms. The van der Waals surface area contributed by atoms with Gasteiger partial charge in [0.15, 0.2) is 11.0 Å². The predicted octanol–water partition coefficient (Wildman–Crippen LogP) is 4.36. The average Bonchev–Trinajstić information content (AvgIpc) is 3.42. The van der Waals surface area contributed by atoms with E-state index in [-0.39, 0.29) is 0 Å². The molecule has 27 heavy (non-hydrogen) atoms. The summed E-state index contributed by atoms with van der Waals surface area (Å²) in [4.78, 5) is 17.5. The number of fused-ring (bicyclic) bond motifs is 1. The van der Waals surface area contributed by atoms with Crippen molar-refractivity contribution >= 4 is 27.4 Å². The van der Waals surface area contributed by atoms with Crippen LogP contribution >= 0.6 is 11.3 Å². The monoisotopic (exact) mass is 376 g/mol. The van der Waals surface area contributed by atoms with Crippen molar-refractivity contribution in [2.45, 2.75) is 26.7 Å². The number of aryl methyl sites for hydroxylation is 2. The molecule has 6 nitrogen and oxygen atoms in total. The Morgan fingerprint density at radius 1 is 1.07 bits per heavy atom. The molecule has 5 rings (SSSR count). The fraction of sp³-hybridized carbons (Fsp3) is 0.300. The van der Waals surface area contributed by atoms with Crippen molar-refractivity contribution in [1.82, 2.24) is 25.1 Å². The van der Waals surface area contributed by atoms with Crippen molar-refractivity contribution in [3.8, 4) is 22.0 Å². The van der Waals surface area contributed by atoms with Crippen molar-refractivity contribution < 1.29 is 0 Å². The van der Waals surface area contributed by atoms with E-state index in [1.165, 1.54) is 18.4 Å². The Morgan fingerprint density at radius 2 is 1.93 bits per heavy atom. The van der Waals surface area contributed by atoms with Gasteiger partial charge in [-0.2, -0.15) is 5.10 Å². The highest BCUT2D eigenvalue weighted by Gasteiger charge is 2.17. The number of hydrogen-bond donors (Lipinski definition) is 1. The van der Waals surface area contributed by atoms with Crippen molar-refractivity contribution in [2.24, 2.45) is 0 Å². The number of anilines is 1. The Labute approximate surface area is 161 Å². The molecular formula is C20H20N6S. The molecule has 4 heterocycles. The Morgan fingerprint density at radius 3 is 2.70 bits per heavy atom. The number of nitrogens with one attached hydrogen (secondary N) is 1. The van der Waals surface area contributed by atoms with Crippen LogP contribution < -0.4 is 4.90 Å². The van der Waals surface area contributed by atoms with Gasteiger partial charge in [-0.3, -0.25) is 5.10 Å². The number of aromatic amines is 1. The zero-order valence-electron chi connectivity index (χ0n) is 15.4. The van der Waals surface area contributed by atoms with E-state index in [2.05, 4.69) is 56.3 Å². The van der Waals surface area contributed by atoms with Crippen LogP contribution in [0.4, 0.5) is 5.13 Å². The highest BCUT2D eigenvalue weighted by atomic mass is 32.1. The number of pyridine rings is 1. The van der Waals surface area contributed by atoms with Gasteiger partial charge in [0, 0.05) is 30.2 Å². The molecule has 1 N–H and O–H groups in total. The van der Waals surface area contributed by atoms with Crippen molar-refractivity contribution in [1.29, 1.82) is 0 Å². The first kappa shape index (κ1) is 16.4. The van der Waals surface area contributed by atoms with E-state index in [1.807, 2.05) is 13.1 Å². The van der Waals surface area contributed by atoms with Crippen LogP contribution in [-0.2, 0) is 0 Å². The van der Waals surface area contributed by atoms with Crippen molar-refractivity contribution in [3.05, 3.63) is 41.9 Å². The molecule has 0 unspecified atom stereocenters. The minimum atomic E-state index is 0.702. The zero-order chi connectivity index (χ0) is 18.4. The Kier molecular flexibility index (Phi) is 3.89. The fourth-order valence-corrected chi connectivity index (χ4v) is 4.51. The minimum absolute atomic E-state index is 0.702. The Bertz CT molecular complexity index is 1120. The molecule has 1 aliphatic heterocycles. The minimum Gasteiger partial charge on any atom is -0.348 e. The van der Waals surface area contributed by atoms with Gasteiger partial charge in [0.2, 0.25) is 0 Å². The molecule has 0 amide bonds. The van der Waals surface area contributed by atoms with E-state index in [0.29, 0.717) is 5.82 Å². The Hall–Kier alpha value is -2.80. The van der Waals surface area contributed by atoms with E-state index < -0.39 is 0 Å². The Balaban J connectivity index is 1.56. The third kappa shape index (κ3) is 2.98. The van der Waals surface area contributed by atoms with Gasteiger partial charge in [-0.05, 0) is 44.4 Å². The van der Waals surface area contributed by atoms with E-state index in [9.17, 15) is 0 Å². The topological polar surface area (TPSA) is 70.6 Å².